The van der Waals surface area contributed by atoms with Crippen molar-refractivity contribution >= 4 is 74.0 Å². The molecule has 0 aliphatic carbocycles. The van der Waals surface area contributed by atoms with Crippen molar-refractivity contribution in [2.45, 2.75) is 32.2 Å². The second-order valence-corrected chi connectivity index (χ2v) is 10.7. The van der Waals surface area contributed by atoms with Gasteiger partial charge in [-0.25, -0.2) is 0 Å². The van der Waals surface area contributed by atoms with Gasteiger partial charge >= 0.3 is 0 Å². The Bertz CT molecular complexity index is 1330. The van der Waals surface area contributed by atoms with Crippen molar-refractivity contribution in [3.8, 4) is 5.75 Å². The zero-order chi connectivity index (χ0) is 23.7. The van der Waals surface area contributed by atoms with Crippen molar-refractivity contribution in [3.05, 3.63) is 48.9 Å². The number of anilines is 1. The van der Waals surface area contributed by atoms with E-state index in [1.54, 1.807) is 21.2 Å². The van der Waals surface area contributed by atoms with Crippen LogP contribution in [0.3, 0.4) is 0 Å². The minimum atomic E-state index is -0.376. The molecule has 0 unspecified atom stereocenters. The number of aromatic nitrogens is 1. The van der Waals surface area contributed by atoms with Gasteiger partial charge < -0.3 is 14.7 Å². The lowest BCUT2D eigenvalue weighted by molar-refractivity contribution is -0.120. The van der Waals surface area contributed by atoms with E-state index in [2.05, 4.69) is 11.8 Å². The van der Waals surface area contributed by atoms with E-state index in [-0.39, 0.29) is 18.3 Å². The van der Waals surface area contributed by atoms with Gasteiger partial charge in [-0.1, -0.05) is 35.7 Å². The topological polar surface area (TPSA) is 75.0 Å². The minimum absolute atomic E-state index is 0.113. The lowest BCUT2D eigenvalue weighted by Gasteiger charge is -2.18. The van der Waals surface area contributed by atoms with Crippen LogP contribution >= 0.6 is 47.1 Å². The van der Waals surface area contributed by atoms with E-state index in [0.717, 1.165) is 22.2 Å². The number of rotatable bonds is 6. The Kier molecular flexibility index (Phi) is 7.34. The number of carbonyl (C=O) groups is 1. The van der Waals surface area contributed by atoms with E-state index in [0.29, 0.717) is 37.3 Å². The van der Waals surface area contributed by atoms with Crippen LogP contribution in [0.5, 0.6) is 5.75 Å². The molecule has 11 heteroatoms. The highest BCUT2D eigenvalue weighted by Crippen LogP contribution is 2.47. The summed E-state index contributed by atoms with van der Waals surface area (Å²) in [5.41, 5.74) is 0.890. The van der Waals surface area contributed by atoms with Crippen LogP contribution in [0, 0.1) is 0 Å². The summed E-state index contributed by atoms with van der Waals surface area (Å²) in [5.74, 6) is 0.463. The number of aliphatic hydroxyl groups excluding tert-OH is 1. The van der Waals surface area contributed by atoms with Gasteiger partial charge in [0, 0.05) is 30.6 Å². The van der Waals surface area contributed by atoms with Gasteiger partial charge in [0.05, 0.1) is 15.2 Å². The maximum absolute atomic E-state index is 13.1. The molecular weight excluding hydrogens is 499 g/mol. The van der Waals surface area contributed by atoms with Gasteiger partial charge in [-0.3, -0.25) is 19.1 Å². The normalized spacial score (nSPS) is 19.3. The Morgan fingerprint density at radius 1 is 1.06 bits per heavy atom. The number of fused-ring (bicyclic) bond motifs is 1. The number of hydrogen-bond donors (Lipinski definition) is 1. The van der Waals surface area contributed by atoms with Crippen LogP contribution in [0.25, 0.3) is 11.0 Å². The maximum atomic E-state index is 13.1. The molecule has 1 aromatic carbocycles. The largest absolute Gasteiger partial charge is 0.468 e. The Morgan fingerprint density at radius 3 is 2.45 bits per heavy atom. The van der Waals surface area contributed by atoms with Crippen molar-refractivity contribution in [3.63, 3.8) is 0 Å². The summed E-state index contributed by atoms with van der Waals surface area (Å²) >= 11 is 9.53. The molecule has 0 radical (unpaired) electrons. The van der Waals surface area contributed by atoms with Gasteiger partial charge in [-0.05, 0) is 45.1 Å². The second-order valence-electron chi connectivity index (χ2n) is 6.99. The summed E-state index contributed by atoms with van der Waals surface area (Å²) in [6.07, 6.45) is 3.76. The fourth-order valence-corrected chi connectivity index (χ4v) is 7.39. The predicted molar refractivity (Wildman–Crippen MR) is 140 cm³/mol. The first-order valence-corrected chi connectivity index (χ1v) is 13.3. The molecule has 3 heterocycles. The molecule has 2 aliphatic heterocycles. The van der Waals surface area contributed by atoms with Crippen LogP contribution in [0.4, 0.5) is 5.69 Å². The number of amides is 1. The third kappa shape index (κ3) is 4.40. The van der Waals surface area contributed by atoms with Crippen LogP contribution < -0.4 is 24.4 Å². The van der Waals surface area contributed by atoms with Crippen molar-refractivity contribution in [1.82, 2.24) is 9.47 Å². The Hall–Kier alpha value is -2.05. The maximum Gasteiger partial charge on any atom is 0.269 e. The van der Waals surface area contributed by atoms with Crippen molar-refractivity contribution < 1.29 is 14.6 Å². The molecule has 1 saturated heterocycles. The van der Waals surface area contributed by atoms with E-state index in [9.17, 15) is 9.59 Å². The van der Waals surface area contributed by atoms with Gasteiger partial charge in [-0.2, -0.15) is 0 Å². The summed E-state index contributed by atoms with van der Waals surface area (Å²) in [6.45, 7) is 7.18. The molecule has 0 atom stereocenters. The average molecular weight is 522 g/mol. The average Bonchev–Trinajstić information content (AvgIpc) is 3.41. The zero-order valence-electron chi connectivity index (χ0n) is 18.4. The molecule has 4 rings (SSSR count). The van der Waals surface area contributed by atoms with Crippen molar-refractivity contribution in [1.29, 1.82) is 0 Å². The quantitative estimate of drug-likeness (QED) is 0.459. The van der Waals surface area contributed by atoms with Gasteiger partial charge in [0.15, 0.2) is 6.79 Å². The van der Waals surface area contributed by atoms with Crippen LogP contribution in [0.15, 0.2) is 39.0 Å². The predicted octanol–water partition coefficient (Wildman–Crippen LogP) is 2.50. The van der Waals surface area contributed by atoms with Gasteiger partial charge in [0.25, 0.3) is 11.5 Å². The molecule has 0 saturated carbocycles. The number of ether oxygens (including phenoxy) is 1. The van der Waals surface area contributed by atoms with Crippen LogP contribution in [-0.2, 0) is 11.3 Å². The molecule has 7 nitrogen and oxygen atoms in total. The van der Waals surface area contributed by atoms with Crippen LogP contribution in [-0.4, -0.2) is 44.7 Å². The summed E-state index contributed by atoms with van der Waals surface area (Å²) in [5, 5.41) is 10.0. The number of thiazole rings is 1. The molecule has 1 amide bonds. The first-order valence-electron chi connectivity index (χ1n) is 10.5. The molecule has 1 aromatic heterocycles. The lowest BCUT2D eigenvalue weighted by atomic mass is 10.2. The number of thioether (sulfide) groups is 2. The molecule has 0 spiro atoms. The zero-order valence-corrected chi connectivity index (χ0v) is 21.6. The summed E-state index contributed by atoms with van der Waals surface area (Å²) in [7, 11) is 0. The molecule has 0 bridgehead atoms. The van der Waals surface area contributed by atoms with Crippen molar-refractivity contribution in [2.24, 2.45) is 0 Å². The number of carbonyl (C=O) groups excluding carboxylic acids is 1. The number of nitrogens with zero attached hydrogens (tertiary/aromatic N) is 3. The van der Waals surface area contributed by atoms with E-state index in [4.69, 9.17) is 22.1 Å². The SMILES string of the molecule is CCN1C(=O)C(=c2sc(=CC=C3Sc4ccc(OCO)cc4N3CC)c(=O)n2CC)SC1=S. The molecule has 33 heavy (non-hydrogen) atoms. The fraction of sp³-hybridized carbons (Fsp3) is 0.318. The third-order valence-corrected chi connectivity index (χ3v) is 9.06. The first-order chi connectivity index (χ1) is 15.9. The monoisotopic (exact) mass is 521 g/mol. The lowest BCUT2D eigenvalue weighted by Crippen LogP contribution is -2.33. The number of allylic oxidation sites excluding steroid dienone is 1. The molecular formula is C22H23N3O4S4. The van der Waals surface area contributed by atoms with Crippen molar-refractivity contribution in [2.75, 3.05) is 24.8 Å². The van der Waals surface area contributed by atoms with Gasteiger partial charge in [0.2, 0.25) is 0 Å². The Balaban J connectivity index is 1.77. The number of benzene rings is 1. The minimum Gasteiger partial charge on any atom is -0.468 e. The molecule has 2 aromatic rings. The highest BCUT2D eigenvalue weighted by atomic mass is 32.2. The molecule has 1 N–H and O–H groups in total. The third-order valence-electron chi connectivity index (χ3n) is 5.21. The van der Waals surface area contributed by atoms with Crippen LogP contribution in [0.1, 0.15) is 20.8 Å². The number of hydrogen-bond acceptors (Lipinski definition) is 9. The Morgan fingerprint density at radius 2 is 1.82 bits per heavy atom. The molecule has 174 valence electrons. The van der Waals surface area contributed by atoms with E-state index in [1.165, 1.54) is 23.1 Å². The van der Waals surface area contributed by atoms with E-state index < -0.39 is 0 Å². The molecule has 2 aliphatic rings. The standard InChI is InChI=1S/C22H23N3O4S4/c1-4-23-14-11-13(29-12-26)7-8-15(14)31-17(23)10-9-16-19(27)24(5-2)21(32-16)18-20(28)25(6-3)22(30)33-18/h7-11,26H,4-6,12H2,1-3H3. The summed E-state index contributed by atoms with van der Waals surface area (Å²) in [6, 6.07) is 5.69. The van der Waals surface area contributed by atoms with E-state index >= 15 is 0 Å². The highest BCUT2D eigenvalue weighted by molar-refractivity contribution is 8.30. The summed E-state index contributed by atoms with van der Waals surface area (Å²) in [4.78, 5) is 31.2. The number of aliphatic hydroxyl groups is 1. The summed E-state index contributed by atoms with van der Waals surface area (Å²) < 4.78 is 8.61. The second kappa shape index (κ2) is 10.1. The Labute approximate surface area is 209 Å². The highest BCUT2D eigenvalue weighted by Gasteiger charge is 2.32. The smallest absolute Gasteiger partial charge is 0.269 e. The first kappa shape index (κ1) is 24.1. The van der Waals surface area contributed by atoms with Gasteiger partial charge in [-0.15, -0.1) is 11.3 Å². The van der Waals surface area contributed by atoms with E-state index in [1.807, 2.05) is 44.2 Å². The number of thiocarbonyl (C=S) groups is 1. The van der Waals surface area contributed by atoms with Crippen LogP contribution in [0.2, 0.25) is 0 Å². The fourth-order valence-electron chi connectivity index (χ4n) is 3.63. The molecule has 1 fully saturated rings. The van der Waals surface area contributed by atoms with Gasteiger partial charge in [0.1, 0.15) is 19.6 Å².